The van der Waals surface area contributed by atoms with Gasteiger partial charge in [-0.2, -0.15) is 0 Å². The Bertz CT molecular complexity index is 328. The van der Waals surface area contributed by atoms with Crippen LogP contribution in [0.3, 0.4) is 0 Å². The number of allylic oxidation sites excluding steroid dienone is 2. The van der Waals surface area contributed by atoms with Crippen LogP contribution in [0.1, 0.15) is 51.9 Å². The van der Waals surface area contributed by atoms with Gasteiger partial charge in [-0.3, -0.25) is 4.79 Å². The van der Waals surface area contributed by atoms with E-state index in [0.29, 0.717) is 19.4 Å². The van der Waals surface area contributed by atoms with E-state index in [1.807, 2.05) is 6.08 Å². The number of hydrogen-bond acceptors (Lipinski definition) is 4. The second-order valence-corrected chi connectivity index (χ2v) is 5.06. The molecule has 0 heterocycles. The molecule has 0 spiro atoms. The van der Waals surface area contributed by atoms with Crippen LogP contribution in [0.25, 0.3) is 0 Å². The molecule has 0 aliphatic heterocycles. The fourth-order valence-corrected chi connectivity index (χ4v) is 2.32. The van der Waals surface area contributed by atoms with E-state index in [-0.39, 0.29) is 29.6 Å². The fourth-order valence-electron chi connectivity index (χ4n) is 2.32. The number of carbonyl (C=O) groups is 2. The molecule has 0 amide bonds. The smallest absolute Gasteiger partial charge is 0.550 e. The van der Waals surface area contributed by atoms with Crippen molar-refractivity contribution in [3.8, 4) is 0 Å². The van der Waals surface area contributed by atoms with Crippen molar-refractivity contribution in [1.82, 2.24) is 0 Å². The second-order valence-electron chi connectivity index (χ2n) is 5.06. The third kappa shape index (κ3) is 6.91. The standard InChI is InChI=1S/C15H24O4.Na/c1-2-3-4-5-8-11-19-15(18)13-10-7-6-9-12(13)14(16)17;/h6-7,12-13H,2-5,8-11H2,1H3,(H,16,17);/q;+1/p-1. The van der Waals surface area contributed by atoms with Gasteiger partial charge in [0.15, 0.2) is 0 Å². The van der Waals surface area contributed by atoms with Crippen molar-refractivity contribution in [3.63, 3.8) is 0 Å². The predicted octanol–water partition coefficient (Wildman–Crippen LogP) is -1.16. The minimum atomic E-state index is -1.16. The van der Waals surface area contributed by atoms with Crippen LogP contribution in [0.4, 0.5) is 0 Å². The maximum absolute atomic E-state index is 11.9. The molecular formula is C15H23NaO4. The summed E-state index contributed by atoms with van der Waals surface area (Å²) >= 11 is 0. The maximum atomic E-state index is 11.9. The molecule has 0 aromatic heterocycles. The van der Waals surface area contributed by atoms with Crippen molar-refractivity contribution >= 4 is 11.9 Å². The van der Waals surface area contributed by atoms with Crippen molar-refractivity contribution in [1.29, 1.82) is 0 Å². The number of carboxylic acid groups (broad SMARTS) is 1. The first-order valence-electron chi connectivity index (χ1n) is 7.19. The van der Waals surface area contributed by atoms with Crippen LogP contribution in [0, 0.1) is 11.8 Å². The van der Waals surface area contributed by atoms with Gasteiger partial charge in [0.1, 0.15) is 0 Å². The first-order chi connectivity index (χ1) is 9.16. The summed E-state index contributed by atoms with van der Waals surface area (Å²) in [6, 6.07) is 0. The molecule has 0 aromatic carbocycles. The van der Waals surface area contributed by atoms with E-state index >= 15 is 0 Å². The number of carboxylic acids is 1. The summed E-state index contributed by atoms with van der Waals surface area (Å²) in [6.07, 6.45) is 9.87. The van der Waals surface area contributed by atoms with Crippen LogP contribution in [0.15, 0.2) is 12.2 Å². The molecule has 0 bridgehead atoms. The van der Waals surface area contributed by atoms with Crippen LogP contribution >= 0.6 is 0 Å². The molecule has 2 atom stereocenters. The maximum Gasteiger partial charge on any atom is 1.00 e. The summed E-state index contributed by atoms with van der Waals surface area (Å²) in [5.41, 5.74) is 0. The minimum Gasteiger partial charge on any atom is -0.550 e. The number of unbranched alkanes of at least 4 members (excludes halogenated alkanes) is 4. The number of ether oxygens (including phenoxy) is 1. The van der Waals surface area contributed by atoms with Gasteiger partial charge in [0.05, 0.1) is 12.5 Å². The average Bonchev–Trinajstić information content (AvgIpc) is 2.42. The zero-order valence-electron chi connectivity index (χ0n) is 12.6. The topological polar surface area (TPSA) is 66.4 Å². The Morgan fingerprint density at radius 3 is 2.30 bits per heavy atom. The first-order valence-corrected chi connectivity index (χ1v) is 7.19. The van der Waals surface area contributed by atoms with Crippen LogP contribution in [-0.2, 0) is 14.3 Å². The molecule has 2 unspecified atom stereocenters. The Morgan fingerprint density at radius 1 is 1.10 bits per heavy atom. The third-order valence-electron chi connectivity index (χ3n) is 3.53. The first kappa shape index (κ1) is 19.7. The number of carbonyl (C=O) groups excluding carboxylic acids is 2. The molecular weight excluding hydrogens is 267 g/mol. The number of esters is 1. The van der Waals surface area contributed by atoms with Crippen molar-refractivity contribution in [2.45, 2.75) is 51.9 Å². The summed E-state index contributed by atoms with van der Waals surface area (Å²) in [6.45, 7) is 2.54. The summed E-state index contributed by atoms with van der Waals surface area (Å²) < 4.78 is 5.18. The molecule has 1 rings (SSSR count). The molecule has 5 heteroatoms. The molecule has 0 fully saturated rings. The van der Waals surface area contributed by atoms with Gasteiger partial charge in [0, 0.05) is 11.9 Å². The van der Waals surface area contributed by atoms with E-state index in [1.165, 1.54) is 12.8 Å². The zero-order valence-corrected chi connectivity index (χ0v) is 14.6. The van der Waals surface area contributed by atoms with Gasteiger partial charge < -0.3 is 14.6 Å². The normalized spacial score (nSPS) is 21.1. The Balaban J connectivity index is 0.00000361. The average molecular weight is 290 g/mol. The van der Waals surface area contributed by atoms with Gasteiger partial charge in [-0.1, -0.05) is 44.8 Å². The molecule has 0 N–H and O–H groups in total. The van der Waals surface area contributed by atoms with Crippen LogP contribution < -0.4 is 34.7 Å². The van der Waals surface area contributed by atoms with Gasteiger partial charge in [0.2, 0.25) is 0 Å². The Morgan fingerprint density at radius 2 is 1.70 bits per heavy atom. The van der Waals surface area contributed by atoms with Gasteiger partial charge in [-0.15, -0.1) is 0 Å². The van der Waals surface area contributed by atoms with E-state index in [1.54, 1.807) is 6.08 Å². The van der Waals surface area contributed by atoms with Gasteiger partial charge in [-0.25, -0.2) is 0 Å². The molecule has 0 aromatic rings. The van der Waals surface area contributed by atoms with Crippen LogP contribution in [-0.4, -0.2) is 18.5 Å². The summed E-state index contributed by atoms with van der Waals surface area (Å²) in [4.78, 5) is 22.8. The summed E-state index contributed by atoms with van der Waals surface area (Å²) in [5.74, 6) is -2.87. The van der Waals surface area contributed by atoms with E-state index in [4.69, 9.17) is 4.74 Å². The summed E-state index contributed by atoms with van der Waals surface area (Å²) in [7, 11) is 0. The molecule has 108 valence electrons. The van der Waals surface area contributed by atoms with E-state index in [0.717, 1.165) is 19.3 Å². The Kier molecular flexibility index (Phi) is 11.2. The predicted molar refractivity (Wildman–Crippen MR) is 70.1 cm³/mol. The van der Waals surface area contributed by atoms with Crippen molar-refractivity contribution in [3.05, 3.63) is 12.2 Å². The SMILES string of the molecule is CCCCCCCOC(=O)C1CC=CCC1C(=O)[O-].[Na+]. The molecule has 0 saturated heterocycles. The van der Waals surface area contributed by atoms with E-state index in [2.05, 4.69) is 6.92 Å². The third-order valence-corrected chi connectivity index (χ3v) is 3.53. The Hall–Kier alpha value is -0.320. The largest absolute Gasteiger partial charge is 1.00 e. The van der Waals surface area contributed by atoms with Gasteiger partial charge in [0.25, 0.3) is 0 Å². The minimum absolute atomic E-state index is 0. The number of aliphatic carboxylic acids is 1. The van der Waals surface area contributed by atoms with Gasteiger partial charge >= 0.3 is 35.5 Å². The number of rotatable bonds is 8. The second kappa shape index (κ2) is 11.4. The molecule has 1 aliphatic carbocycles. The van der Waals surface area contributed by atoms with Gasteiger partial charge in [-0.05, 0) is 19.3 Å². The quantitative estimate of drug-likeness (QED) is 0.245. The van der Waals surface area contributed by atoms with E-state index < -0.39 is 23.8 Å². The molecule has 4 nitrogen and oxygen atoms in total. The molecule has 0 radical (unpaired) electrons. The molecule has 0 saturated carbocycles. The fraction of sp³-hybridized carbons (Fsp3) is 0.733. The zero-order chi connectivity index (χ0) is 14.1. The Labute approximate surface area is 143 Å². The monoisotopic (exact) mass is 290 g/mol. The van der Waals surface area contributed by atoms with Crippen molar-refractivity contribution in [2.75, 3.05) is 6.61 Å². The molecule has 1 aliphatic rings. The van der Waals surface area contributed by atoms with Crippen LogP contribution in [0.2, 0.25) is 0 Å². The van der Waals surface area contributed by atoms with Crippen molar-refractivity contribution in [2.24, 2.45) is 11.8 Å². The van der Waals surface area contributed by atoms with E-state index in [9.17, 15) is 14.7 Å². The van der Waals surface area contributed by atoms with Crippen molar-refractivity contribution < 1.29 is 49.0 Å². The summed E-state index contributed by atoms with van der Waals surface area (Å²) in [5, 5.41) is 11.0. The molecule has 20 heavy (non-hydrogen) atoms. The van der Waals surface area contributed by atoms with Crippen LogP contribution in [0.5, 0.6) is 0 Å². The number of hydrogen-bond donors (Lipinski definition) is 0.